The van der Waals surface area contributed by atoms with Crippen LogP contribution in [0.5, 0.6) is 5.75 Å². The summed E-state index contributed by atoms with van der Waals surface area (Å²) in [5.41, 5.74) is 7.43. The summed E-state index contributed by atoms with van der Waals surface area (Å²) in [4.78, 5) is 38.3. The van der Waals surface area contributed by atoms with E-state index < -0.39 is 17.4 Å². The van der Waals surface area contributed by atoms with Gasteiger partial charge in [0.25, 0.3) is 17.4 Å². The van der Waals surface area contributed by atoms with E-state index in [1.807, 2.05) is 30.3 Å². The molecular formula is C21H19N3O4. The summed E-state index contributed by atoms with van der Waals surface area (Å²) in [6.45, 7) is 1.56. The molecule has 0 spiro atoms. The lowest BCUT2D eigenvalue weighted by molar-refractivity contribution is -0.119. The van der Waals surface area contributed by atoms with Crippen LogP contribution in [0.25, 0.3) is 11.1 Å². The molecule has 2 amide bonds. The van der Waals surface area contributed by atoms with Gasteiger partial charge in [0, 0.05) is 16.9 Å². The fourth-order valence-corrected chi connectivity index (χ4v) is 2.70. The lowest BCUT2D eigenvalue weighted by Gasteiger charge is -2.10. The highest BCUT2D eigenvalue weighted by Gasteiger charge is 2.14. The van der Waals surface area contributed by atoms with Crippen molar-refractivity contribution in [3.63, 3.8) is 0 Å². The van der Waals surface area contributed by atoms with Gasteiger partial charge in [-0.1, -0.05) is 30.3 Å². The number of nitrogens with two attached hydrogens (primary N) is 1. The van der Waals surface area contributed by atoms with Crippen LogP contribution in [0, 0.1) is 6.92 Å². The highest BCUT2D eigenvalue weighted by molar-refractivity contribution is 6.04. The van der Waals surface area contributed by atoms with Crippen LogP contribution < -0.4 is 21.3 Å². The lowest BCUT2D eigenvalue weighted by atomic mass is 10.0. The molecule has 0 atom stereocenters. The number of carbonyl (C=O) groups is 2. The van der Waals surface area contributed by atoms with Crippen LogP contribution in [0.4, 0.5) is 5.69 Å². The molecule has 3 aromatic rings. The summed E-state index contributed by atoms with van der Waals surface area (Å²) in [6, 6.07) is 17.5. The van der Waals surface area contributed by atoms with Crippen LogP contribution >= 0.6 is 0 Å². The first kappa shape index (κ1) is 18.9. The SMILES string of the molecule is Cc1[nH]c(=O)c(C(=O)Nc2ccc(OCC(N)=O)cc2)cc1-c1ccccc1. The molecule has 0 unspecified atom stereocenters. The number of hydrogen-bond donors (Lipinski definition) is 3. The van der Waals surface area contributed by atoms with Crippen molar-refractivity contribution in [3.8, 4) is 16.9 Å². The van der Waals surface area contributed by atoms with Crippen LogP contribution in [0.3, 0.4) is 0 Å². The number of aromatic amines is 1. The molecular weight excluding hydrogens is 358 g/mol. The summed E-state index contributed by atoms with van der Waals surface area (Å²) in [5.74, 6) is -0.661. The molecule has 1 aromatic heterocycles. The molecule has 1 heterocycles. The number of pyridine rings is 1. The maximum absolute atomic E-state index is 12.6. The summed E-state index contributed by atoms with van der Waals surface area (Å²) < 4.78 is 5.17. The third kappa shape index (κ3) is 4.45. The zero-order valence-corrected chi connectivity index (χ0v) is 15.2. The molecule has 0 aliphatic carbocycles. The Balaban J connectivity index is 1.81. The van der Waals surface area contributed by atoms with Gasteiger partial charge in [-0.15, -0.1) is 0 Å². The van der Waals surface area contributed by atoms with Gasteiger partial charge in [0.1, 0.15) is 11.3 Å². The number of amides is 2. The minimum atomic E-state index is -0.579. The smallest absolute Gasteiger partial charge is 0.261 e. The Kier molecular flexibility index (Phi) is 5.55. The maximum Gasteiger partial charge on any atom is 0.261 e. The molecule has 3 rings (SSSR count). The number of rotatable bonds is 6. The van der Waals surface area contributed by atoms with Crippen LogP contribution in [0.2, 0.25) is 0 Å². The number of benzene rings is 2. The molecule has 0 aliphatic heterocycles. The van der Waals surface area contributed by atoms with Crippen LogP contribution in [0.15, 0.2) is 65.5 Å². The molecule has 0 saturated heterocycles. The standard InChI is InChI=1S/C21H19N3O4/c1-13-17(14-5-3-2-4-6-14)11-18(20(26)23-13)21(27)24-15-7-9-16(10-8-15)28-12-19(22)25/h2-11H,12H2,1H3,(H2,22,25)(H,23,26)(H,24,27). The number of ether oxygens (including phenoxy) is 1. The molecule has 142 valence electrons. The van der Waals surface area contributed by atoms with Gasteiger partial charge in [-0.05, 0) is 42.8 Å². The molecule has 2 aromatic carbocycles. The monoisotopic (exact) mass is 377 g/mol. The van der Waals surface area contributed by atoms with E-state index >= 15 is 0 Å². The van der Waals surface area contributed by atoms with E-state index in [-0.39, 0.29) is 12.2 Å². The molecule has 0 saturated carbocycles. The number of aryl methyl sites for hydroxylation is 1. The quantitative estimate of drug-likeness (QED) is 0.612. The summed E-state index contributed by atoms with van der Waals surface area (Å²) in [6.07, 6.45) is 0. The van der Waals surface area contributed by atoms with Crippen LogP contribution in [-0.4, -0.2) is 23.4 Å². The third-order valence-electron chi connectivity index (χ3n) is 4.06. The first-order valence-electron chi connectivity index (χ1n) is 8.56. The minimum Gasteiger partial charge on any atom is -0.484 e. The molecule has 0 aliphatic rings. The van der Waals surface area contributed by atoms with Gasteiger partial charge in [-0.25, -0.2) is 0 Å². The van der Waals surface area contributed by atoms with Crippen molar-refractivity contribution in [1.29, 1.82) is 0 Å². The maximum atomic E-state index is 12.6. The van der Waals surface area contributed by atoms with Gasteiger partial charge in [-0.3, -0.25) is 14.4 Å². The van der Waals surface area contributed by atoms with Crippen molar-refractivity contribution in [2.45, 2.75) is 6.92 Å². The fraction of sp³-hybridized carbons (Fsp3) is 0.0952. The topological polar surface area (TPSA) is 114 Å². The number of nitrogens with one attached hydrogen (secondary N) is 2. The molecule has 0 bridgehead atoms. The second kappa shape index (κ2) is 8.22. The van der Waals surface area contributed by atoms with Gasteiger partial charge in [0.2, 0.25) is 0 Å². The Bertz CT molecular complexity index is 1060. The number of anilines is 1. The highest BCUT2D eigenvalue weighted by atomic mass is 16.5. The van der Waals surface area contributed by atoms with E-state index in [0.29, 0.717) is 17.1 Å². The Morgan fingerprint density at radius 3 is 2.39 bits per heavy atom. The molecule has 0 radical (unpaired) electrons. The zero-order valence-electron chi connectivity index (χ0n) is 15.2. The van der Waals surface area contributed by atoms with Crippen molar-refractivity contribution in [2.75, 3.05) is 11.9 Å². The predicted octanol–water partition coefficient (Wildman–Crippen LogP) is 2.47. The zero-order chi connectivity index (χ0) is 20.1. The number of H-pyrrole nitrogens is 1. The van der Waals surface area contributed by atoms with E-state index in [9.17, 15) is 14.4 Å². The Morgan fingerprint density at radius 2 is 1.75 bits per heavy atom. The Labute approximate surface area is 161 Å². The van der Waals surface area contributed by atoms with E-state index in [1.54, 1.807) is 37.3 Å². The summed E-state index contributed by atoms with van der Waals surface area (Å²) in [7, 11) is 0. The molecule has 28 heavy (non-hydrogen) atoms. The lowest BCUT2D eigenvalue weighted by Crippen LogP contribution is -2.24. The molecule has 7 heteroatoms. The Morgan fingerprint density at radius 1 is 1.07 bits per heavy atom. The first-order valence-corrected chi connectivity index (χ1v) is 8.56. The number of aromatic nitrogens is 1. The normalized spacial score (nSPS) is 10.3. The van der Waals surface area contributed by atoms with E-state index in [4.69, 9.17) is 10.5 Å². The van der Waals surface area contributed by atoms with Gasteiger partial charge in [0.05, 0.1) is 0 Å². The molecule has 0 fully saturated rings. The summed E-state index contributed by atoms with van der Waals surface area (Å²) in [5, 5.41) is 2.68. The van der Waals surface area contributed by atoms with Crippen molar-refractivity contribution in [2.24, 2.45) is 5.73 Å². The van der Waals surface area contributed by atoms with E-state index in [1.165, 1.54) is 0 Å². The van der Waals surface area contributed by atoms with Gasteiger partial charge >= 0.3 is 0 Å². The number of primary amides is 1. The van der Waals surface area contributed by atoms with Crippen LogP contribution in [0.1, 0.15) is 16.1 Å². The number of carbonyl (C=O) groups excluding carboxylic acids is 2. The number of hydrogen-bond acceptors (Lipinski definition) is 4. The molecule has 4 N–H and O–H groups in total. The average molecular weight is 377 g/mol. The van der Waals surface area contributed by atoms with Crippen molar-refractivity contribution >= 4 is 17.5 Å². The van der Waals surface area contributed by atoms with Crippen LogP contribution in [-0.2, 0) is 4.79 Å². The minimum absolute atomic E-state index is 0.0125. The Hall–Kier alpha value is -3.87. The van der Waals surface area contributed by atoms with Gasteiger partial charge in [0.15, 0.2) is 6.61 Å². The van der Waals surface area contributed by atoms with Crippen molar-refractivity contribution in [3.05, 3.63) is 82.3 Å². The second-order valence-electron chi connectivity index (χ2n) is 6.15. The average Bonchev–Trinajstić information content (AvgIpc) is 2.68. The van der Waals surface area contributed by atoms with Gasteiger partial charge < -0.3 is 20.8 Å². The summed E-state index contributed by atoms with van der Waals surface area (Å²) >= 11 is 0. The van der Waals surface area contributed by atoms with E-state index in [0.717, 1.165) is 11.1 Å². The van der Waals surface area contributed by atoms with Crippen molar-refractivity contribution in [1.82, 2.24) is 4.98 Å². The van der Waals surface area contributed by atoms with E-state index in [2.05, 4.69) is 10.3 Å². The second-order valence-corrected chi connectivity index (χ2v) is 6.15. The van der Waals surface area contributed by atoms with Crippen molar-refractivity contribution < 1.29 is 14.3 Å². The fourth-order valence-electron chi connectivity index (χ4n) is 2.70. The predicted molar refractivity (Wildman–Crippen MR) is 106 cm³/mol. The third-order valence-corrected chi connectivity index (χ3v) is 4.06. The molecule has 7 nitrogen and oxygen atoms in total. The first-order chi connectivity index (χ1) is 13.4. The highest BCUT2D eigenvalue weighted by Crippen LogP contribution is 2.22. The largest absolute Gasteiger partial charge is 0.484 e. The van der Waals surface area contributed by atoms with Gasteiger partial charge in [-0.2, -0.15) is 0 Å².